The van der Waals surface area contributed by atoms with Crippen LogP contribution in [0.1, 0.15) is 54.3 Å². The molecule has 0 saturated heterocycles. The number of hydrogen-bond donors (Lipinski definition) is 0. The minimum atomic E-state index is -0.768. The van der Waals surface area contributed by atoms with Crippen molar-refractivity contribution in [1.29, 1.82) is 0 Å². The first kappa shape index (κ1) is 14.8. The Morgan fingerprint density at radius 3 is 2.00 bits per heavy atom. The third kappa shape index (κ3) is 2.21. The molecule has 5 heteroatoms. The standard InChI is InChI=1S/C17H20N2O3/c1-10(2)18(12-8-9-12)15(20)11(3)19-16(21)13-6-4-5-7-14(13)17(19)22/h4-7,10-12H,8-9H2,1-3H3. The number of amides is 3. The third-order valence-electron chi connectivity index (χ3n) is 4.32. The Morgan fingerprint density at radius 1 is 1.09 bits per heavy atom. The fourth-order valence-corrected chi connectivity index (χ4v) is 3.09. The maximum absolute atomic E-state index is 12.8. The van der Waals surface area contributed by atoms with Crippen molar-refractivity contribution in [3.8, 4) is 0 Å². The molecular formula is C17H20N2O3. The molecule has 1 atom stereocenters. The van der Waals surface area contributed by atoms with Crippen LogP contribution in [0.5, 0.6) is 0 Å². The molecule has 0 spiro atoms. The van der Waals surface area contributed by atoms with E-state index in [2.05, 4.69) is 0 Å². The Bertz CT molecular complexity index is 612. The van der Waals surface area contributed by atoms with Gasteiger partial charge in [-0.2, -0.15) is 0 Å². The van der Waals surface area contributed by atoms with Gasteiger partial charge in [-0.15, -0.1) is 0 Å². The Morgan fingerprint density at radius 2 is 1.59 bits per heavy atom. The van der Waals surface area contributed by atoms with E-state index in [0.717, 1.165) is 17.7 Å². The maximum Gasteiger partial charge on any atom is 0.262 e. The molecule has 0 N–H and O–H groups in total. The second-order valence-electron chi connectivity index (χ2n) is 6.27. The van der Waals surface area contributed by atoms with Crippen LogP contribution < -0.4 is 0 Å². The number of imide groups is 1. The first-order valence-electron chi connectivity index (χ1n) is 7.72. The SMILES string of the molecule is CC(C(=O)N(C(C)C)C1CC1)N1C(=O)c2ccccc2C1=O. The van der Waals surface area contributed by atoms with Gasteiger partial charge in [-0.25, -0.2) is 0 Å². The van der Waals surface area contributed by atoms with E-state index in [9.17, 15) is 14.4 Å². The van der Waals surface area contributed by atoms with Crippen molar-refractivity contribution in [1.82, 2.24) is 9.80 Å². The maximum atomic E-state index is 12.8. The predicted molar refractivity (Wildman–Crippen MR) is 81.4 cm³/mol. The molecule has 1 heterocycles. The van der Waals surface area contributed by atoms with Gasteiger partial charge in [-0.05, 0) is 45.7 Å². The fourth-order valence-electron chi connectivity index (χ4n) is 3.09. The van der Waals surface area contributed by atoms with Crippen molar-refractivity contribution in [3.63, 3.8) is 0 Å². The molecule has 1 aromatic rings. The molecule has 0 aromatic heterocycles. The first-order chi connectivity index (χ1) is 10.4. The summed E-state index contributed by atoms with van der Waals surface area (Å²) < 4.78 is 0. The van der Waals surface area contributed by atoms with E-state index in [4.69, 9.17) is 0 Å². The van der Waals surface area contributed by atoms with Gasteiger partial charge in [0, 0.05) is 12.1 Å². The van der Waals surface area contributed by atoms with Gasteiger partial charge in [-0.3, -0.25) is 19.3 Å². The molecule has 0 radical (unpaired) electrons. The molecule has 0 bridgehead atoms. The quantitative estimate of drug-likeness (QED) is 0.800. The monoisotopic (exact) mass is 300 g/mol. The highest BCUT2D eigenvalue weighted by molar-refractivity contribution is 6.22. The van der Waals surface area contributed by atoms with Crippen molar-refractivity contribution in [2.45, 2.75) is 51.7 Å². The highest BCUT2D eigenvalue weighted by Crippen LogP contribution is 2.31. The van der Waals surface area contributed by atoms with Crippen molar-refractivity contribution in [3.05, 3.63) is 35.4 Å². The average Bonchev–Trinajstić information content (AvgIpc) is 3.27. The Kier molecular flexibility index (Phi) is 3.51. The molecule has 116 valence electrons. The summed E-state index contributed by atoms with van der Waals surface area (Å²) in [6.07, 6.45) is 2.00. The highest BCUT2D eigenvalue weighted by Gasteiger charge is 2.44. The van der Waals surface area contributed by atoms with Crippen LogP contribution >= 0.6 is 0 Å². The summed E-state index contributed by atoms with van der Waals surface area (Å²) in [5, 5.41) is 0. The van der Waals surface area contributed by atoms with Gasteiger partial charge in [0.1, 0.15) is 6.04 Å². The zero-order valence-corrected chi connectivity index (χ0v) is 13.1. The normalized spacial score (nSPS) is 18.6. The molecule has 1 fully saturated rings. The van der Waals surface area contributed by atoms with Gasteiger partial charge in [-0.1, -0.05) is 12.1 Å². The summed E-state index contributed by atoms with van der Waals surface area (Å²) in [6, 6.07) is 6.27. The highest BCUT2D eigenvalue weighted by atomic mass is 16.2. The molecule has 2 aliphatic rings. The lowest BCUT2D eigenvalue weighted by atomic mass is 10.1. The van der Waals surface area contributed by atoms with Crippen LogP contribution in [0.4, 0.5) is 0 Å². The number of benzene rings is 1. The van der Waals surface area contributed by atoms with Crippen molar-refractivity contribution < 1.29 is 14.4 Å². The molecule has 3 amide bonds. The smallest absolute Gasteiger partial charge is 0.262 e. The summed E-state index contributed by atoms with van der Waals surface area (Å²) in [4.78, 5) is 40.6. The third-order valence-corrected chi connectivity index (χ3v) is 4.32. The van der Waals surface area contributed by atoms with Gasteiger partial charge >= 0.3 is 0 Å². The molecule has 22 heavy (non-hydrogen) atoms. The number of fused-ring (bicyclic) bond motifs is 1. The van der Waals surface area contributed by atoms with Crippen LogP contribution in [0.2, 0.25) is 0 Å². The molecule has 1 unspecified atom stereocenters. The van der Waals surface area contributed by atoms with Crippen LogP contribution in [0.3, 0.4) is 0 Å². The zero-order chi connectivity index (χ0) is 16.0. The number of rotatable bonds is 4. The number of nitrogens with zero attached hydrogens (tertiary/aromatic N) is 2. The number of carbonyl (C=O) groups is 3. The van der Waals surface area contributed by atoms with E-state index in [-0.39, 0.29) is 29.8 Å². The zero-order valence-electron chi connectivity index (χ0n) is 13.1. The lowest BCUT2D eigenvalue weighted by Gasteiger charge is -2.32. The summed E-state index contributed by atoms with van der Waals surface area (Å²) in [6.45, 7) is 5.57. The van der Waals surface area contributed by atoms with E-state index in [1.165, 1.54) is 0 Å². The van der Waals surface area contributed by atoms with Crippen molar-refractivity contribution >= 4 is 17.7 Å². The summed E-state index contributed by atoms with van der Waals surface area (Å²) in [5.41, 5.74) is 0.768. The van der Waals surface area contributed by atoms with Gasteiger partial charge < -0.3 is 4.90 Å². The van der Waals surface area contributed by atoms with E-state index >= 15 is 0 Å². The largest absolute Gasteiger partial charge is 0.335 e. The topological polar surface area (TPSA) is 57.7 Å². The molecule has 5 nitrogen and oxygen atoms in total. The van der Waals surface area contributed by atoms with Crippen LogP contribution in [0.25, 0.3) is 0 Å². The first-order valence-corrected chi connectivity index (χ1v) is 7.72. The van der Waals surface area contributed by atoms with E-state index in [1.807, 2.05) is 18.7 Å². The van der Waals surface area contributed by atoms with Gasteiger partial charge in [0.15, 0.2) is 0 Å². The summed E-state index contributed by atoms with van der Waals surface area (Å²) in [7, 11) is 0. The summed E-state index contributed by atoms with van der Waals surface area (Å²) in [5.74, 6) is -0.895. The van der Waals surface area contributed by atoms with E-state index in [0.29, 0.717) is 11.1 Å². The minimum absolute atomic E-state index is 0.0673. The van der Waals surface area contributed by atoms with Crippen LogP contribution in [-0.2, 0) is 4.79 Å². The number of carbonyl (C=O) groups excluding carboxylic acids is 3. The van der Waals surface area contributed by atoms with Crippen LogP contribution in [0.15, 0.2) is 24.3 Å². The van der Waals surface area contributed by atoms with E-state index in [1.54, 1.807) is 31.2 Å². The molecule has 1 aliphatic heterocycles. The Balaban J connectivity index is 1.87. The van der Waals surface area contributed by atoms with Crippen molar-refractivity contribution in [2.75, 3.05) is 0 Å². The predicted octanol–water partition coefficient (Wildman–Crippen LogP) is 2.07. The van der Waals surface area contributed by atoms with E-state index < -0.39 is 6.04 Å². The molecule has 1 aromatic carbocycles. The molecular weight excluding hydrogens is 280 g/mol. The second kappa shape index (κ2) is 5.23. The summed E-state index contributed by atoms with van der Waals surface area (Å²) >= 11 is 0. The lowest BCUT2D eigenvalue weighted by Crippen LogP contribution is -2.52. The van der Waals surface area contributed by atoms with Gasteiger partial charge in [0.2, 0.25) is 5.91 Å². The fraction of sp³-hybridized carbons (Fsp3) is 0.471. The van der Waals surface area contributed by atoms with Crippen LogP contribution in [-0.4, -0.2) is 45.6 Å². The van der Waals surface area contributed by atoms with Crippen LogP contribution in [0, 0.1) is 0 Å². The van der Waals surface area contributed by atoms with Gasteiger partial charge in [0.25, 0.3) is 11.8 Å². The average molecular weight is 300 g/mol. The van der Waals surface area contributed by atoms with Gasteiger partial charge in [0.05, 0.1) is 11.1 Å². The number of hydrogen-bond acceptors (Lipinski definition) is 3. The second-order valence-corrected chi connectivity index (χ2v) is 6.27. The molecule has 1 aliphatic carbocycles. The molecule has 3 rings (SSSR count). The Hall–Kier alpha value is -2.17. The Labute approximate surface area is 129 Å². The minimum Gasteiger partial charge on any atom is -0.335 e. The molecule has 1 saturated carbocycles. The lowest BCUT2D eigenvalue weighted by molar-refractivity contribution is -0.137. The van der Waals surface area contributed by atoms with Crippen molar-refractivity contribution in [2.24, 2.45) is 0 Å².